The van der Waals surface area contributed by atoms with Crippen LogP contribution in [0.15, 0.2) is 30.3 Å². The van der Waals surface area contributed by atoms with E-state index in [2.05, 4.69) is 11.0 Å². The Hall–Kier alpha value is -1.57. The Kier molecular flexibility index (Phi) is 4.77. The first-order chi connectivity index (χ1) is 7.63. The molecule has 1 aromatic carbocycles. The van der Waals surface area contributed by atoms with Crippen LogP contribution < -0.4 is 10.7 Å². The van der Waals surface area contributed by atoms with E-state index in [9.17, 15) is 0 Å². The molecule has 16 heavy (non-hydrogen) atoms. The number of hydrogen-bond acceptors (Lipinski definition) is 4. The lowest BCUT2D eigenvalue weighted by Crippen LogP contribution is -2.36. The lowest BCUT2D eigenvalue weighted by atomic mass is 10.1. The minimum atomic E-state index is -0.0831. The summed E-state index contributed by atoms with van der Waals surface area (Å²) in [7, 11) is 3.75. The predicted octanol–water partition coefficient (Wildman–Crippen LogP) is 1.07. The van der Waals surface area contributed by atoms with Crippen molar-refractivity contribution in [2.45, 2.75) is 0 Å². The van der Waals surface area contributed by atoms with Crippen molar-refractivity contribution in [2.24, 2.45) is 11.8 Å². The summed E-state index contributed by atoms with van der Waals surface area (Å²) in [6, 6.07) is 12.3. The molecule has 1 atom stereocenters. The number of nitrogens with zero attached hydrogens (tertiary/aromatic N) is 3. The quantitative estimate of drug-likeness (QED) is 0.593. The third kappa shape index (κ3) is 3.89. The highest BCUT2D eigenvalue weighted by atomic mass is 15.4. The number of anilines is 1. The van der Waals surface area contributed by atoms with Gasteiger partial charge < -0.3 is 4.90 Å². The molecule has 1 unspecified atom stereocenters. The maximum absolute atomic E-state index is 9.01. The van der Waals surface area contributed by atoms with Gasteiger partial charge in [-0.05, 0) is 12.1 Å². The summed E-state index contributed by atoms with van der Waals surface area (Å²) in [5, 5.41) is 10.6. The van der Waals surface area contributed by atoms with Crippen molar-refractivity contribution in [1.82, 2.24) is 5.01 Å². The van der Waals surface area contributed by atoms with Gasteiger partial charge in [0.25, 0.3) is 0 Å². The van der Waals surface area contributed by atoms with Crippen LogP contribution >= 0.6 is 0 Å². The zero-order valence-corrected chi connectivity index (χ0v) is 9.80. The SMILES string of the molecule is CN(N)CC(C#N)CN(C)c1ccccc1. The molecule has 0 heterocycles. The van der Waals surface area contributed by atoms with Crippen molar-refractivity contribution < 1.29 is 0 Å². The van der Waals surface area contributed by atoms with Crippen LogP contribution in [0, 0.1) is 17.2 Å². The van der Waals surface area contributed by atoms with E-state index in [1.807, 2.05) is 37.4 Å². The Balaban J connectivity index is 2.56. The van der Waals surface area contributed by atoms with Crippen LogP contribution in [-0.4, -0.2) is 32.2 Å². The second kappa shape index (κ2) is 6.11. The highest BCUT2D eigenvalue weighted by Crippen LogP contribution is 2.12. The molecule has 0 saturated carbocycles. The lowest BCUT2D eigenvalue weighted by Gasteiger charge is -2.23. The summed E-state index contributed by atoms with van der Waals surface area (Å²) in [5.41, 5.74) is 1.11. The van der Waals surface area contributed by atoms with Gasteiger partial charge in [-0.3, -0.25) is 5.84 Å². The average molecular weight is 218 g/mol. The average Bonchev–Trinajstić information content (AvgIpc) is 2.28. The van der Waals surface area contributed by atoms with E-state index in [-0.39, 0.29) is 5.92 Å². The summed E-state index contributed by atoms with van der Waals surface area (Å²) in [6.07, 6.45) is 0. The molecule has 0 amide bonds. The second-order valence-electron chi connectivity index (χ2n) is 3.98. The summed E-state index contributed by atoms with van der Waals surface area (Å²) in [5.74, 6) is 5.46. The third-order valence-corrected chi connectivity index (χ3v) is 2.38. The molecule has 0 spiro atoms. The predicted molar refractivity (Wildman–Crippen MR) is 65.6 cm³/mol. The fourth-order valence-electron chi connectivity index (χ4n) is 1.61. The maximum Gasteiger partial charge on any atom is 0.0778 e. The van der Waals surface area contributed by atoms with Gasteiger partial charge in [-0.25, -0.2) is 5.01 Å². The van der Waals surface area contributed by atoms with Crippen molar-refractivity contribution in [2.75, 3.05) is 32.1 Å². The maximum atomic E-state index is 9.01. The Morgan fingerprint density at radius 3 is 2.38 bits per heavy atom. The van der Waals surface area contributed by atoms with Crippen molar-refractivity contribution in [3.05, 3.63) is 30.3 Å². The number of hydrazine groups is 1. The molecule has 4 heteroatoms. The first kappa shape index (κ1) is 12.5. The third-order valence-electron chi connectivity index (χ3n) is 2.38. The number of rotatable bonds is 5. The molecule has 0 aromatic heterocycles. The molecule has 4 nitrogen and oxygen atoms in total. The van der Waals surface area contributed by atoms with Crippen LogP contribution in [0.1, 0.15) is 0 Å². The molecule has 0 aliphatic rings. The highest BCUT2D eigenvalue weighted by Gasteiger charge is 2.12. The number of para-hydroxylation sites is 1. The van der Waals surface area contributed by atoms with E-state index in [0.29, 0.717) is 13.1 Å². The first-order valence-electron chi connectivity index (χ1n) is 5.25. The van der Waals surface area contributed by atoms with E-state index in [1.165, 1.54) is 0 Å². The van der Waals surface area contributed by atoms with Gasteiger partial charge in [-0.1, -0.05) is 18.2 Å². The zero-order valence-electron chi connectivity index (χ0n) is 9.80. The smallest absolute Gasteiger partial charge is 0.0778 e. The molecule has 1 aromatic rings. The summed E-state index contributed by atoms with van der Waals surface area (Å²) in [6.45, 7) is 1.26. The minimum absolute atomic E-state index is 0.0831. The molecular weight excluding hydrogens is 200 g/mol. The number of benzene rings is 1. The molecule has 0 saturated heterocycles. The van der Waals surface area contributed by atoms with Crippen LogP contribution in [0.2, 0.25) is 0 Å². The summed E-state index contributed by atoms with van der Waals surface area (Å²) >= 11 is 0. The molecule has 1 rings (SSSR count). The molecular formula is C12H18N4. The fourth-order valence-corrected chi connectivity index (χ4v) is 1.61. The van der Waals surface area contributed by atoms with Crippen LogP contribution in [-0.2, 0) is 0 Å². The van der Waals surface area contributed by atoms with E-state index in [1.54, 1.807) is 12.1 Å². The molecule has 0 aliphatic heterocycles. The van der Waals surface area contributed by atoms with Gasteiger partial charge in [0.2, 0.25) is 0 Å². The number of nitriles is 1. The zero-order chi connectivity index (χ0) is 12.0. The highest BCUT2D eigenvalue weighted by molar-refractivity contribution is 5.45. The fraction of sp³-hybridized carbons (Fsp3) is 0.417. The Bertz CT molecular complexity index is 342. The molecule has 86 valence electrons. The first-order valence-corrected chi connectivity index (χ1v) is 5.25. The molecule has 0 fully saturated rings. The van der Waals surface area contributed by atoms with E-state index in [4.69, 9.17) is 11.1 Å². The normalized spacial score (nSPS) is 12.2. The Morgan fingerprint density at radius 2 is 1.88 bits per heavy atom. The number of nitrogens with two attached hydrogens (primary N) is 1. The van der Waals surface area contributed by atoms with Crippen molar-refractivity contribution in [3.63, 3.8) is 0 Å². The van der Waals surface area contributed by atoms with Crippen molar-refractivity contribution in [1.29, 1.82) is 5.26 Å². The van der Waals surface area contributed by atoms with E-state index in [0.717, 1.165) is 5.69 Å². The number of hydrogen-bond donors (Lipinski definition) is 1. The van der Waals surface area contributed by atoms with Gasteiger partial charge in [-0.15, -0.1) is 0 Å². The van der Waals surface area contributed by atoms with E-state index < -0.39 is 0 Å². The molecule has 0 bridgehead atoms. The topological polar surface area (TPSA) is 56.3 Å². The largest absolute Gasteiger partial charge is 0.373 e. The monoisotopic (exact) mass is 218 g/mol. The standard InChI is InChI=1S/C12H18N4/c1-15(12-6-4-3-5-7-12)9-11(8-13)10-16(2)14/h3-7,11H,9-10,14H2,1-2H3. The van der Waals surface area contributed by atoms with Gasteiger partial charge in [0.15, 0.2) is 0 Å². The van der Waals surface area contributed by atoms with Gasteiger partial charge in [0.1, 0.15) is 0 Å². The lowest BCUT2D eigenvalue weighted by molar-refractivity contribution is 0.315. The summed E-state index contributed by atoms with van der Waals surface area (Å²) < 4.78 is 0. The molecule has 0 aliphatic carbocycles. The van der Waals surface area contributed by atoms with Crippen LogP contribution in [0.25, 0.3) is 0 Å². The molecule has 2 N–H and O–H groups in total. The van der Waals surface area contributed by atoms with Gasteiger partial charge in [0.05, 0.1) is 12.0 Å². The van der Waals surface area contributed by atoms with Gasteiger partial charge >= 0.3 is 0 Å². The van der Waals surface area contributed by atoms with Crippen LogP contribution in [0.3, 0.4) is 0 Å². The van der Waals surface area contributed by atoms with Crippen molar-refractivity contribution in [3.8, 4) is 6.07 Å². The van der Waals surface area contributed by atoms with Crippen LogP contribution in [0.4, 0.5) is 5.69 Å². The van der Waals surface area contributed by atoms with Gasteiger partial charge in [0, 0.05) is 32.9 Å². The van der Waals surface area contributed by atoms with Gasteiger partial charge in [-0.2, -0.15) is 5.26 Å². The Morgan fingerprint density at radius 1 is 1.25 bits per heavy atom. The Labute approximate surface area is 96.8 Å². The van der Waals surface area contributed by atoms with Crippen molar-refractivity contribution >= 4 is 5.69 Å². The van der Waals surface area contributed by atoms with Crippen LogP contribution in [0.5, 0.6) is 0 Å². The van der Waals surface area contributed by atoms with E-state index >= 15 is 0 Å². The second-order valence-corrected chi connectivity index (χ2v) is 3.98. The molecule has 0 radical (unpaired) electrons. The minimum Gasteiger partial charge on any atom is -0.373 e. The summed E-state index contributed by atoms with van der Waals surface area (Å²) in [4.78, 5) is 2.07.